The van der Waals surface area contributed by atoms with E-state index in [-0.39, 0.29) is 6.10 Å². The normalized spacial score (nSPS) is 12.9. The maximum atomic E-state index is 12.6. The van der Waals surface area contributed by atoms with Crippen LogP contribution in [0.15, 0.2) is 29.4 Å². The lowest BCUT2D eigenvalue weighted by Crippen LogP contribution is -2.08. The van der Waals surface area contributed by atoms with Crippen molar-refractivity contribution in [3.63, 3.8) is 0 Å². The number of alkyl halides is 3. The molecule has 0 heterocycles. The zero-order valence-corrected chi connectivity index (χ0v) is 10.6. The van der Waals surface area contributed by atoms with Crippen LogP contribution in [0.5, 0.6) is 0 Å². The number of benzene rings is 1. The number of halogens is 3. The highest BCUT2D eigenvalue weighted by Gasteiger charge is 2.30. The Morgan fingerprint density at radius 2 is 2.00 bits per heavy atom. The van der Waals surface area contributed by atoms with Gasteiger partial charge in [0.1, 0.15) is 6.10 Å². The molecule has 0 atom stereocenters. The molecule has 0 N–H and O–H groups in total. The highest BCUT2D eigenvalue weighted by Crippen LogP contribution is 2.29. The predicted octanol–water partition coefficient (Wildman–Crippen LogP) is 4.24. The minimum atomic E-state index is -4.34. The molecule has 0 radical (unpaired) electrons. The zero-order chi connectivity index (χ0) is 13.8. The molecule has 1 aromatic rings. The topological polar surface area (TPSA) is 21.6 Å². The van der Waals surface area contributed by atoms with E-state index in [1.54, 1.807) is 6.07 Å². The first-order valence-electron chi connectivity index (χ1n) is 5.75. The summed E-state index contributed by atoms with van der Waals surface area (Å²) in [6, 6.07) is 5.10. The third-order valence-corrected chi connectivity index (χ3v) is 2.23. The summed E-state index contributed by atoms with van der Waals surface area (Å²) >= 11 is 0. The Morgan fingerprint density at radius 1 is 1.33 bits per heavy atom. The molecule has 0 aliphatic heterocycles. The van der Waals surface area contributed by atoms with Crippen molar-refractivity contribution >= 4 is 5.71 Å². The second-order valence-electron chi connectivity index (χ2n) is 4.12. The van der Waals surface area contributed by atoms with Gasteiger partial charge in [0.15, 0.2) is 0 Å². The SMILES string of the molecule is CCC(=NOC(C)C)c1cccc(C(F)(F)F)c1. The zero-order valence-electron chi connectivity index (χ0n) is 10.6. The van der Waals surface area contributed by atoms with Gasteiger partial charge in [-0.1, -0.05) is 24.2 Å². The molecular weight excluding hydrogens is 243 g/mol. The molecule has 0 saturated carbocycles. The first-order chi connectivity index (χ1) is 8.34. The molecule has 0 aromatic heterocycles. The molecule has 0 aliphatic rings. The van der Waals surface area contributed by atoms with Crippen LogP contribution in [0.25, 0.3) is 0 Å². The monoisotopic (exact) mass is 259 g/mol. The Bertz CT molecular complexity index is 424. The van der Waals surface area contributed by atoms with Crippen LogP contribution in [-0.2, 0) is 11.0 Å². The van der Waals surface area contributed by atoms with E-state index in [0.717, 1.165) is 12.1 Å². The molecule has 0 aliphatic carbocycles. The van der Waals surface area contributed by atoms with Crippen LogP contribution in [0, 0.1) is 0 Å². The number of hydrogen-bond acceptors (Lipinski definition) is 2. The van der Waals surface area contributed by atoms with E-state index >= 15 is 0 Å². The average Bonchev–Trinajstić information content (AvgIpc) is 2.29. The molecule has 100 valence electrons. The first-order valence-corrected chi connectivity index (χ1v) is 5.75. The lowest BCUT2D eigenvalue weighted by Gasteiger charge is -2.10. The predicted molar refractivity (Wildman–Crippen MR) is 64.5 cm³/mol. The standard InChI is InChI=1S/C13H16F3NO/c1-4-12(17-18-9(2)3)10-6-5-7-11(8-10)13(14,15)16/h5-9H,4H2,1-3H3. The summed E-state index contributed by atoms with van der Waals surface area (Å²) in [5.41, 5.74) is 0.272. The van der Waals surface area contributed by atoms with Crippen molar-refractivity contribution in [2.45, 2.75) is 39.5 Å². The molecule has 1 aromatic carbocycles. The molecule has 2 nitrogen and oxygen atoms in total. The molecule has 18 heavy (non-hydrogen) atoms. The maximum absolute atomic E-state index is 12.6. The summed E-state index contributed by atoms with van der Waals surface area (Å²) in [6.07, 6.45) is -3.93. The minimum absolute atomic E-state index is 0.0997. The van der Waals surface area contributed by atoms with Crippen molar-refractivity contribution in [3.8, 4) is 0 Å². The van der Waals surface area contributed by atoms with Crippen molar-refractivity contribution in [2.75, 3.05) is 0 Å². The fourth-order valence-corrected chi connectivity index (χ4v) is 1.37. The summed E-state index contributed by atoms with van der Waals surface area (Å²) < 4.78 is 37.7. The van der Waals surface area contributed by atoms with E-state index in [1.165, 1.54) is 6.07 Å². The Hall–Kier alpha value is -1.52. The fourth-order valence-electron chi connectivity index (χ4n) is 1.37. The van der Waals surface area contributed by atoms with Gasteiger partial charge in [-0.25, -0.2) is 0 Å². The van der Waals surface area contributed by atoms with Crippen LogP contribution in [-0.4, -0.2) is 11.8 Å². The van der Waals surface area contributed by atoms with Crippen molar-refractivity contribution < 1.29 is 18.0 Å². The minimum Gasteiger partial charge on any atom is -0.393 e. The van der Waals surface area contributed by atoms with Crippen LogP contribution in [0.4, 0.5) is 13.2 Å². The summed E-state index contributed by atoms with van der Waals surface area (Å²) in [6.45, 7) is 5.44. The molecular formula is C13H16F3NO. The third kappa shape index (κ3) is 4.05. The van der Waals surface area contributed by atoms with E-state index < -0.39 is 11.7 Å². The molecule has 0 unspecified atom stereocenters. The smallest absolute Gasteiger partial charge is 0.393 e. The van der Waals surface area contributed by atoms with Crippen LogP contribution >= 0.6 is 0 Å². The molecule has 0 spiro atoms. The third-order valence-electron chi connectivity index (χ3n) is 2.23. The first kappa shape index (κ1) is 14.5. The van der Waals surface area contributed by atoms with Crippen molar-refractivity contribution in [1.29, 1.82) is 0 Å². The maximum Gasteiger partial charge on any atom is 0.416 e. The molecule has 1 rings (SSSR count). The van der Waals surface area contributed by atoms with Crippen molar-refractivity contribution in [2.24, 2.45) is 5.16 Å². The molecule has 0 bridgehead atoms. The van der Waals surface area contributed by atoms with Crippen LogP contribution < -0.4 is 0 Å². The number of nitrogens with zero attached hydrogens (tertiary/aromatic N) is 1. The van der Waals surface area contributed by atoms with Crippen molar-refractivity contribution in [3.05, 3.63) is 35.4 Å². The largest absolute Gasteiger partial charge is 0.416 e. The highest BCUT2D eigenvalue weighted by atomic mass is 19.4. The highest BCUT2D eigenvalue weighted by molar-refractivity contribution is 6.00. The molecule has 5 heteroatoms. The van der Waals surface area contributed by atoms with Gasteiger partial charge in [-0.3, -0.25) is 0 Å². The Balaban J connectivity index is 3.04. The van der Waals surface area contributed by atoms with E-state index in [2.05, 4.69) is 5.16 Å². The van der Waals surface area contributed by atoms with Gasteiger partial charge in [0, 0.05) is 0 Å². The summed E-state index contributed by atoms with van der Waals surface area (Å²) in [5, 5.41) is 3.88. The van der Waals surface area contributed by atoms with Crippen LogP contribution in [0.1, 0.15) is 38.3 Å². The van der Waals surface area contributed by atoms with Gasteiger partial charge in [0.2, 0.25) is 0 Å². The van der Waals surface area contributed by atoms with Crippen LogP contribution in [0.2, 0.25) is 0 Å². The van der Waals surface area contributed by atoms with Gasteiger partial charge >= 0.3 is 6.18 Å². The number of hydrogen-bond donors (Lipinski definition) is 0. The summed E-state index contributed by atoms with van der Waals surface area (Å²) in [5.74, 6) is 0. The van der Waals surface area contributed by atoms with Crippen LogP contribution in [0.3, 0.4) is 0 Å². The Kier molecular flexibility index (Phi) is 4.76. The van der Waals surface area contributed by atoms with Gasteiger partial charge in [0.05, 0.1) is 11.3 Å². The van der Waals surface area contributed by atoms with Gasteiger partial charge in [0.25, 0.3) is 0 Å². The molecule has 0 saturated heterocycles. The second-order valence-corrected chi connectivity index (χ2v) is 4.12. The molecule has 0 fully saturated rings. The Labute approximate surface area is 104 Å². The van der Waals surface area contributed by atoms with E-state index in [1.807, 2.05) is 20.8 Å². The fraction of sp³-hybridized carbons (Fsp3) is 0.462. The van der Waals surface area contributed by atoms with Gasteiger partial charge in [-0.15, -0.1) is 0 Å². The lowest BCUT2D eigenvalue weighted by atomic mass is 10.0. The number of oxime groups is 1. The summed E-state index contributed by atoms with van der Waals surface area (Å²) in [4.78, 5) is 5.08. The van der Waals surface area contributed by atoms with Gasteiger partial charge < -0.3 is 4.84 Å². The molecule has 0 amide bonds. The van der Waals surface area contributed by atoms with E-state index in [9.17, 15) is 13.2 Å². The average molecular weight is 259 g/mol. The lowest BCUT2D eigenvalue weighted by molar-refractivity contribution is -0.137. The van der Waals surface area contributed by atoms with Gasteiger partial charge in [-0.2, -0.15) is 13.2 Å². The van der Waals surface area contributed by atoms with Gasteiger partial charge in [-0.05, 0) is 38.0 Å². The quantitative estimate of drug-likeness (QED) is 0.585. The van der Waals surface area contributed by atoms with Crippen molar-refractivity contribution in [1.82, 2.24) is 0 Å². The van der Waals surface area contributed by atoms with E-state index in [4.69, 9.17) is 4.84 Å². The summed E-state index contributed by atoms with van der Waals surface area (Å²) in [7, 11) is 0. The van der Waals surface area contributed by atoms with E-state index in [0.29, 0.717) is 17.7 Å². The second kappa shape index (κ2) is 5.89. The Morgan fingerprint density at radius 3 is 2.50 bits per heavy atom. The number of rotatable bonds is 4.